The molecule has 1 atom stereocenters. The molecule has 32 heavy (non-hydrogen) atoms. The molecule has 0 amide bonds. The molecule has 1 fully saturated rings. The molecule has 0 aliphatic heterocycles. The maximum absolute atomic E-state index is 13.9. The summed E-state index contributed by atoms with van der Waals surface area (Å²) in [5.74, 6) is -1.48. The number of fused-ring (bicyclic) bond motifs is 2. The van der Waals surface area contributed by atoms with Crippen LogP contribution in [0.3, 0.4) is 0 Å². The van der Waals surface area contributed by atoms with E-state index in [9.17, 15) is 18.4 Å². The quantitative estimate of drug-likeness (QED) is 0.412. The molecule has 1 aliphatic rings. The monoisotopic (exact) mass is 434 g/mol. The van der Waals surface area contributed by atoms with E-state index < -0.39 is 17.0 Å². The Morgan fingerprint density at radius 3 is 2.50 bits per heavy atom. The first-order valence-corrected chi connectivity index (χ1v) is 10.7. The number of pyridine rings is 1. The number of nitriles is 1. The number of aromatic nitrogens is 3. The minimum atomic E-state index is -0.962. The van der Waals surface area contributed by atoms with Gasteiger partial charge in [0.05, 0.1) is 22.6 Å². The number of benzene rings is 2. The van der Waals surface area contributed by atoms with Gasteiger partial charge in [-0.1, -0.05) is 0 Å². The van der Waals surface area contributed by atoms with Crippen LogP contribution in [0.5, 0.6) is 0 Å². The van der Waals surface area contributed by atoms with Gasteiger partial charge in [-0.15, -0.1) is 0 Å². The fraction of sp³-hybridized carbons (Fsp3) is 0.320. The predicted octanol–water partition coefficient (Wildman–Crippen LogP) is 6.28. The highest BCUT2D eigenvalue weighted by molar-refractivity contribution is 5.82. The van der Waals surface area contributed by atoms with Crippen LogP contribution in [0.15, 0.2) is 42.6 Å². The first-order chi connectivity index (χ1) is 15.4. The van der Waals surface area contributed by atoms with Crippen LogP contribution in [0, 0.1) is 34.7 Å². The van der Waals surface area contributed by atoms with Crippen molar-refractivity contribution in [2.24, 2.45) is 5.92 Å². The second-order valence-corrected chi connectivity index (χ2v) is 8.79. The van der Waals surface area contributed by atoms with Gasteiger partial charge in [-0.2, -0.15) is 5.26 Å². The van der Waals surface area contributed by atoms with Gasteiger partial charge < -0.3 is 4.98 Å². The van der Waals surface area contributed by atoms with Crippen LogP contribution in [0.25, 0.3) is 21.9 Å². The van der Waals surface area contributed by atoms with Crippen molar-refractivity contribution in [3.05, 3.63) is 71.4 Å². The van der Waals surface area contributed by atoms with Gasteiger partial charge in [-0.25, -0.2) is 18.2 Å². The van der Waals surface area contributed by atoms with Gasteiger partial charge in [0, 0.05) is 23.7 Å². The zero-order chi connectivity index (χ0) is 22.5. The molecule has 2 aromatic heterocycles. The van der Waals surface area contributed by atoms with Crippen LogP contribution < -0.4 is 0 Å². The fourth-order valence-electron chi connectivity index (χ4n) is 5.07. The molecule has 1 saturated carbocycles. The summed E-state index contributed by atoms with van der Waals surface area (Å²) < 4.78 is 41.1. The smallest absolute Gasteiger partial charge is 0.161 e. The Hall–Kier alpha value is -3.40. The number of imidazole rings is 1. The molecule has 0 radical (unpaired) electrons. The summed E-state index contributed by atoms with van der Waals surface area (Å²) in [6.45, 7) is 1.83. The van der Waals surface area contributed by atoms with Crippen LogP contribution in [0.2, 0.25) is 0 Å². The summed E-state index contributed by atoms with van der Waals surface area (Å²) in [6.07, 6.45) is 5.02. The fourth-order valence-corrected chi connectivity index (χ4v) is 5.07. The molecule has 5 rings (SSSR count). The number of aromatic amines is 1. The average Bonchev–Trinajstić information content (AvgIpc) is 3.21. The van der Waals surface area contributed by atoms with Crippen molar-refractivity contribution in [3.8, 4) is 6.07 Å². The zero-order valence-electron chi connectivity index (χ0n) is 17.5. The molecule has 1 aliphatic carbocycles. The zero-order valence-corrected chi connectivity index (χ0v) is 17.5. The molecule has 2 aromatic carbocycles. The van der Waals surface area contributed by atoms with E-state index in [1.54, 1.807) is 12.3 Å². The number of nitrogens with one attached hydrogen (secondary N) is 1. The van der Waals surface area contributed by atoms with Gasteiger partial charge in [0.2, 0.25) is 0 Å². The standard InChI is InChI=1S/C25H21F3N4/c1-25(13-29,24-31-22-11-19(27)20(28)12-23(22)32-24)15-4-2-14(3-5-15)17-8-9-30-21-7-6-16(26)10-18(17)21/h6-12,14-15H,2-5H2,1H3,(H,31,32)/t14-,15+,25?. The van der Waals surface area contributed by atoms with Crippen molar-refractivity contribution in [2.75, 3.05) is 0 Å². The lowest BCUT2D eigenvalue weighted by Gasteiger charge is -2.36. The molecular formula is C25H21F3N4. The molecule has 0 saturated heterocycles. The van der Waals surface area contributed by atoms with Crippen molar-refractivity contribution in [2.45, 2.75) is 43.9 Å². The van der Waals surface area contributed by atoms with Gasteiger partial charge >= 0.3 is 0 Å². The van der Waals surface area contributed by atoms with Crippen LogP contribution in [-0.4, -0.2) is 15.0 Å². The second kappa shape index (κ2) is 7.63. The highest BCUT2D eigenvalue weighted by atomic mass is 19.2. The molecule has 4 aromatic rings. The minimum Gasteiger partial charge on any atom is -0.341 e. The number of rotatable bonds is 3. The molecule has 7 heteroatoms. The molecule has 1 N–H and O–H groups in total. The van der Waals surface area contributed by atoms with E-state index in [-0.39, 0.29) is 17.7 Å². The Morgan fingerprint density at radius 2 is 1.75 bits per heavy atom. The minimum absolute atomic E-state index is 0.0313. The number of nitrogens with zero attached hydrogens (tertiary/aromatic N) is 3. The summed E-state index contributed by atoms with van der Waals surface area (Å²) in [5, 5.41) is 10.9. The molecule has 4 nitrogen and oxygen atoms in total. The third-order valence-corrected chi connectivity index (χ3v) is 6.97. The van der Waals surface area contributed by atoms with E-state index in [1.807, 2.05) is 13.0 Å². The van der Waals surface area contributed by atoms with Crippen LogP contribution >= 0.6 is 0 Å². The number of hydrogen-bond acceptors (Lipinski definition) is 3. The van der Waals surface area contributed by atoms with Crippen LogP contribution in [0.4, 0.5) is 13.2 Å². The lowest BCUT2D eigenvalue weighted by Crippen LogP contribution is -2.34. The first kappa shape index (κ1) is 20.5. The Bertz CT molecular complexity index is 1330. The number of halogens is 3. The van der Waals surface area contributed by atoms with Crippen molar-refractivity contribution >= 4 is 21.9 Å². The van der Waals surface area contributed by atoms with E-state index in [1.165, 1.54) is 12.1 Å². The SMILES string of the molecule is CC(C#N)(c1nc2cc(F)c(F)cc2[nH]1)[C@H]1CC[C@@H](c2ccnc3ccc(F)cc32)CC1. The largest absolute Gasteiger partial charge is 0.341 e. The summed E-state index contributed by atoms with van der Waals surface area (Å²) >= 11 is 0. The topological polar surface area (TPSA) is 65.4 Å². The highest BCUT2D eigenvalue weighted by Gasteiger charge is 2.41. The summed E-state index contributed by atoms with van der Waals surface area (Å²) in [7, 11) is 0. The average molecular weight is 434 g/mol. The maximum Gasteiger partial charge on any atom is 0.161 e. The van der Waals surface area contributed by atoms with E-state index >= 15 is 0 Å². The summed E-state index contributed by atoms with van der Waals surface area (Å²) in [6, 6.07) is 11.1. The third kappa shape index (κ3) is 3.31. The summed E-state index contributed by atoms with van der Waals surface area (Å²) in [4.78, 5) is 11.8. The van der Waals surface area contributed by atoms with Gasteiger partial charge in [-0.05, 0) is 74.3 Å². The Morgan fingerprint density at radius 1 is 1.00 bits per heavy atom. The second-order valence-electron chi connectivity index (χ2n) is 8.79. The lowest BCUT2D eigenvalue weighted by atomic mass is 9.67. The third-order valence-electron chi connectivity index (χ3n) is 6.97. The first-order valence-electron chi connectivity index (χ1n) is 10.7. The molecule has 0 spiro atoms. The van der Waals surface area contributed by atoms with Crippen molar-refractivity contribution in [3.63, 3.8) is 0 Å². The maximum atomic E-state index is 13.9. The number of hydrogen-bond donors (Lipinski definition) is 1. The van der Waals surface area contributed by atoms with E-state index in [0.717, 1.165) is 54.3 Å². The molecule has 2 heterocycles. The molecule has 1 unspecified atom stereocenters. The van der Waals surface area contributed by atoms with Gasteiger partial charge in [-0.3, -0.25) is 4.98 Å². The predicted molar refractivity (Wildman–Crippen MR) is 115 cm³/mol. The van der Waals surface area contributed by atoms with Crippen molar-refractivity contribution in [1.29, 1.82) is 5.26 Å². The Kier molecular flexibility index (Phi) is 4.89. The van der Waals surface area contributed by atoms with E-state index in [4.69, 9.17) is 0 Å². The van der Waals surface area contributed by atoms with E-state index in [0.29, 0.717) is 16.9 Å². The van der Waals surface area contributed by atoms with Crippen molar-refractivity contribution in [1.82, 2.24) is 15.0 Å². The normalized spacial score (nSPS) is 20.8. The Balaban J connectivity index is 1.42. The van der Waals surface area contributed by atoms with Gasteiger partial charge in [0.15, 0.2) is 11.6 Å². The lowest BCUT2D eigenvalue weighted by molar-refractivity contribution is 0.242. The van der Waals surface area contributed by atoms with E-state index in [2.05, 4.69) is 21.0 Å². The van der Waals surface area contributed by atoms with Crippen LogP contribution in [0.1, 0.15) is 49.9 Å². The van der Waals surface area contributed by atoms with Crippen molar-refractivity contribution < 1.29 is 13.2 Å². The Labute approximate surface area is 183 Å². The van der Waals surface area contributed by atoms with Gasteiger partial charge in [0.25, 0.3) is 0 Å². The molecule has 0 bridgehead atoms. The van der Waals surface area contributed by atoms with Gasteiger partial charge in [0.1, 0.15) is 17.1 Å². The highest BCUT2D eigenvalue weighted by Crippen LogP contribution is 2.45. The molecule has 162 valence electrons. The van der Waals surface area contributed by atoms with Crippen LogP contribution in [-0.2, 0) is 5.41 Å². The molecular weight excluding hydrogens is 413 g/mol. The summed E-state index contributed by atoms with van der Waals surface area (Å²) in [5.41, 5.74) is 1.62. The number of H-pyrrole nitrogens is 1.